The third-order valence-corrected chi connectivity index (χ3v) is 1.58. The Kier molecular flexibility index (Phi) is 3.10. The normalized spacial score (nSPS) is 27.6. The molecule has 1 heterocycles. The largest absolute Gasteiger partial charge is 0.352 e. The minimum absolute atomic E-state index is 0.398. The zero-order chi connectivity index (χ0) is 9.84. The number of nitro groups is 1. The first-order valence-electron chi connectivity index (χ1n) is 3.65. The van der Waals surface area contributed by atoms with E-state index in [4.69, 9.17) is 9.47 Å². The lowest BCUT2D eigenvalue weighted by Crippen LogP contribution is -2.37. The molecule has 1 aliphatic heterocycles. The smallest absolute Gasteiger partial charge is 0.237 e. The van der Waals surface area contributed by atoms with Crippen LogP contribution in [0.1, 0.15) is 0 Å². The number of ether oxygens (including phenoxy) is 2. The van der Waals surface area contributed by atoms with Gasteiger partial charge in [0.25, 0.3) is 0 Å². The van der Waals surface area contributed by atoms with Crippen LogP contribution in [-0.4, -0.2) is 36.8 Å². The van der Waals surface area contributed by atoms with Gasteiger partial charge in [-0.1, -0.05) is 0 Å². The number of carbonyl (C=O) groups excluding carboxylic acids is 1. The van der Waals surface area contributed by atoms with Crippen LogP contribution in [0.15, 0.2) is 12.2 Å². The summed E-state index contributed by atoms with van der Waals surface area (Å²) in [5.74, 6) is -0.398. The Balaban J connectivity index is 2.60. The number of ketones is 1. The Morgan fingerprint density at radius 1 is 1.77 bits per heavy atom. The Morgan fingerprint density at radius 3 is 3.00 bits per heavy atom. The maximum absolute atomic E-state index is 11.0. The van der Waals surface area contributed by atoms with E-state index >= 15 is 0 Å². The molecule has 6 heteroatoms. The standard InChI is InChI=1S/C7H9NO5/c1-12-7-3-2-5(9)6(13-7)4-8(10)11/h2-3,6-7H,4H2,1H3/t6-,7+/m0/s1. The average Bonchev–Trinajstić information content (AvgIpc) is 2.08. The third kappa shape index (κ3) is 2.60. The number of nitrogens with zero attached hydrogens (tertiary/aromatic N) is 1. The predicted molar refractivity (Wildman–Crippen MR) is 41.7 cm³/mol. The molecule has 0 N–H and O–H groups in total. The van der Waals surface area contributed by atoms with Crippen LogP contribution in [0.3, 0.4) is 0 Å². The van der Waals surface area contributed by atoms with Crippen molar-refractivity contribution in [3.63, 3.8) is 0 Å². The van der Waals surface area contributed by atoms with E-state index in [-0.39, 0.29) is 0 Å². The Bertz CT molecular complexity index is 249. The van der Waals surface area contributed by atoms with Crippen molar-refractivity contribution in [1.82, 2.24) is 0 Å². The fraction of sp³-hybridized carbons (Fsp3) is 0.571. The minimum Gasteiger partial charge on any atom is -0.352 e. The van der Waals surface area contributed by atoms with Gasteiger partial charge in [0.1, 0.15) is 0 Å². The molecule has 0 aliphatic carbocycles. The van der Waals surface area contributed by atoms with E-state index in [1.54, 1.807) is 0 Å². The first kappa shape index (κ1) is 9.82. The summed E-state index contributed by atoms with van der Waals surface area (Å²) in [7, 11) is 1.40. The summed E-state index contributed by atoms with van der Waals surface area (Å²) in [6, 6.07) is 0. The summed E-state index contributed by atoms with van der Waals surface area (Å²) in [6.45, 7) is -0.525. The molecule has 6 nitrogen and oxygen atoms in total. The lowest BCUT2D eigenvalue weighted by atomic mass is 10.2. The van der Waals surface area contributed by atoms with E-state index in [2.05, 4.69) is 0 Å². The maximum atomic E-state index is 11.0. The van der Waals surface area contributed by atoms with E-state index in [0.717, 1.165) is 0 Å². The highest BCUT2D eigenvalue weighted by molar-refractivity contribution is 5.94. The van der Waals surface area contributed by atoms with Gasteiger partial charge >= 0.3 is 0 Å². The molecule has 0 aromatic rings. The highest BCUT2D eigenvalue weighted by atomic mass is 16.7. The van der Waals surface area contributed by atoms with E-state index < -0.39 is 29.6 Å². The first-order valence-corrected chi connectivity index (χ1v) is 3.65. The number of rotatable bonds is 3. The molecule has 0 saturated heterocycles. The number of methoxy groups -OCH3 is 1. The number of hydrogen-bond donors (Lipinski definition) is 0. The van der Waals surface area contributed by atoms with Gasteiger partial charge in [-0.25, -0.2) is 0 Å². The molecular formula is C7H9NO5. The molecular weight excluding hydrogens is 178 g/mol. The van der Waals surface area contributed by atoms with Gasteiger partial charge in [0.2, 0.25) is 6.54 Å². The highest BCUT2D eigenvalue weighted by Gasteiger charge is 2.29. The molecule has 0 bridgehead atoms. The lowest BCUT2D eigenvalue weighted by Gasteiger charge is -2.20. The number of hydrogen-bond acceptors (Lipinski definition) is 5. The highest BCUT2D eigenvalue weighted by Crippen LogP contribution is 2.09. The lowest BCUT2D eigenvalue weighted by molar-refractivity contribution is -0.490. The van der Waals surface area contributed by atoms with Crippen LogP contribution in [-0.2, 0) is 14.3 Å². The van der Waals surface area contributed by atoms with Crippen LogP contribution in [0.4, 0.5) is 0 Å². The van der Waals surface area contributed by atoms with Crippen molar-refractivity contribution in [2.75, 3.05) is 13.7 Å². The molecule has 0 unspecified atom stereocenters. The van der Waals surface area contributed by atoms with E-state index in [1.807, 2.05) is 0 Å². The third-order valence-electron chi connectivity index (χ3n) is 1.58. The van der Waals surface area contributed by atoms with Crippen LogP contribution in [0.5, 0.6) is 0 Å². The van der Waals surface area contributed by atoms with Crippen molar-refractivity contribution < 1.29 is 19.2 Å². The Morgan fingerprint density at radius 2 is 2.46 bits per heavy atom. The van der Waals surface area contributed by atoms with Gasteiger partial charge in [-0.3, -0.25) is 14.9 Å². The van der Waals surface area contributed by atoms with Crippen molar-refractivity contribution in [3.05, 3.63) is 22.3 Å². The molecule has 0 fully saturated rings. The van der Waals surface area contributed by atoms with Crippen molar-refractivity contribution in [1.29, 1.82) is 0 Å². The number of carbonyl (C=O) groups is 1. The summed E-state index contributed by atoms with van der Waals surface area (Å²) in [6.07, 6.45) is 0.970. The van der Waals surface area contributed by atoms with Crippen molar-refractivity contribution in [2.45, 2.75) is 12.4 Å². The summed E-state index contributed by atoms with van der Waals surface area (Å²) >= 11 is 0. The molecule has 0 aromatic heterocycles. The van der Waals surface area contributed by atoms with Gasteiger partial charge in [0.15, 0.2) is 18.2 Å². The van der Waals surface area contributed by atoms with E-state index in [0.29, 0.717) is 0 Å². The van der Waals surface area contributed by atoms with Gasteiger partial charge in [0, 0.05) is 12.0 Å². The Hall–Kier alpha value is -1.27. The molecule has 1 aliphatic rings. The molecule has 2 atom stereocenters. The quantitative estimate of drug-likeness (QED) is 0.450. The van der Waals surface area contributed by atoms with E-state index in [1.165, 1.54) is 19.3 Å². The summed E-state index contributed by atoms with van der Waals surface area (Å²) in [5, 5.41) is 10.1. The molecule has 1 rings (SSSR count). The fourth-order valence-electron chi connectivity index (χ4n) is 0.958. The first-order chi connectivity index (χ1) is 6.13. The molecule has 0 amide bonds. The SMILES string of the molecule is CO[C@H]1C=CC(=O)[C@H](C[N+](=O)[O-])O1. The van der Waals surface area contributed by atoms with Gasteiger partial charge in [-0.05, 0) is 12.2 Å². The average molecular weight is 187 g/mol. The fourth-order valence-corrected chi connectivity index (χ4v) is 0.958. The molecule has 0 saturated carbocycles. The topological polar surface area (TPSA) is 78.7 Å². The van der Waals surface area contributed by atoms with Gasteiger partial charge < -0.3 is 9.47 Å². The molecule has 0 radical (unpaired) electrons. The van der Waals surface area contributed by atoms with Crippen molar-refractivity contribution in [3.8, 4) is 0 Å². The van der Waals surface area contributed by atoms with Gasteiger partial charge in [-0.2, -0.15) is 0 Å². The summed E-state index contributed by atoms with van der Waals surface area (Å²) < 4.78 is 9.73. The van der Waals surface area contributed by atoms with Gasteiger partial charge in [-0.15, -0.1) is 0 Å². The molecule has 0 spiro atoms. The summed E-state index contributed by atoms with van der Waals surface area (Å²) in [4.78, 5) is 20.5. The second kappa shape index (κ2) is 4.11. The van der Waals surface area contributed by atoms with Crippen LogP contribution in [0, 0.1) is 10.1 Å². The van der Waals surface area contributed by atoms with Crippen LogP contribution in [0.25, 0.3) is 0 Å². The van der Waals surface area contributed by atoms with Crippen molar-refractivity contribution in [2.24, 2.45) is 0 Å². The maximum Gasteiger partial charge on any atom is 0.237 e. The van der Waals surface area contributed by atoms with Crippen molar-refractivity contribution >= 4 is 5.78 Å². The minimum atomic E-state index is -1.02. The van der Waals surface area contributed by atoms with E-state index in [9.17, 15) is 14.9 Å². The van der Waals surface area contributed by atoms with Crippen LogP contribution in [0.2, 0.25) is 0 Å². The zero-order valence-electron chi connectivity index (χ0n) is 7.00. The van der Waals surface area contributed by atoms with Gasteiger partial charge in [0.05, 0.1) is 0 Å². The molecule has 72 valence electrons. The molecule has 0 aromatic carbocycles. The Labute approximate surface area is 74.3 Å². The second-order valence-corrected chi connectivity index (χ2v) is 2.51. The summed E-state index contributed by atoms with van der Waals surface area (Å²) in [5.41, 5.74) is 0. The van der Waals surface area contributed by atoms with Crippen LogP contribution < -0.4 is 0 Å². The molecule has 13 heavy (non-hydrogen) atoms. The second-order valence-electron chi connectivity index (χ2n) is 2.51. The monoisotopic (exact) mass is 187 g/mol. The van der Waals surface area contributed by atoms with Crippen LogP contribution >= 0.6 is 0 Å². The predicted octanol–water partition coefficient (Wildman–Crippen LogP) is -0.240. The zero-order valence-corrected chi connectivity index (χ0v) is 7.00.